The summed E-state index contributed by atoms with van der Waals surface area (Å²) in [6, 6.07) is 4.44. The topological polar surface area (TPSA) is 104 Å². The lowest BCUT2D eigenvalue weighted by Gasteiger charge is -2.28. The summed E-state index contributed by atoms with van der Waals surface area (Å²) in [6.07, 6.45) is 0.759. The average molecular weight is 313 g/mol. The van der Waals surface area contributed by atoms with E-state index < -0.39 is 31.3 Å². The van der Waals surface area contributed by atoms with Crippen molar-refractivity contribution in [2.45, 2.75) is 17.7 Å². The molecule has 0 radical (unpaired) electrons. The number of nitrogens with zero attached hydrogens (tertiary/aromatic N) is 3. The maximum absolute atomic E-state index is 13.1. The lowest BCUT2D eigenvalue weighted by molar-refractivity contribution is -0.388. The molecule has 0 atom stereocenters. The van der Waals surface area contributed by atoms with Crippen molar-refractivity contribution in [1.82, 2.24) is 4.31 Å². The first-order valence-electron chi connectivity index (χ1n) is 6.20. The molecule has 0 spiro atoms. The Labute approximate surface area is 120 Å². The van der Waals surface area contributed by atoms with E-state index in [1.807, 2.05) is 0 Å². The first-order chi connectivity index (χ1) is 9.86. The second kappa shape index (κ2) is 5.75. The van der Waals surface area contributed by atoms with Crippen molar-refractivity contribution in [3.63, 3.8) is 0 Å². The molecule has 7 nitrogen and oxygen atoms in total. The molecule has 1 aromatic rings. The Morgan fingerprint density at radius 2 is 2.00 bits per heavy atom. The number of hydrogen-bond acceptors (Lipinski definition) is 5. The summed E-state index contributed by atoms with van der Waals surface area (Å²) in [5.41, 5.74) is -0.780. The predicted molar refractivity (Wildman–Crippen MR) is 70.2 cm³/mol. The van der Waals surface area contributed by atoms with Gasteiger partial charge in [-0.2, -0.15) is 9.57 Å². The van der Waals surface area contributed by atoms with Gasteiger partial charge in [0.1, 0.15) is 5.82 Å². The van der Waals surface area contributed by atoms with Crippen LogP contribution in [0.15, 0.2) is 23.1 Å². The molecule has 1 saturated heterocycles. The number of benzene rings is 1. The van der Waals surface area contributed by atoms with Gasteiger partial charge in [-0.3, -0.25) is 10.1 Å². The minimum atomic E-state index is -4.07. The zero-order valence-corrected chi connectivity index (χ0v) is 11.7. The Morgan fingerprint density at radius 1 is 1.38 bits per heavy atom. The van der Waals surface area contributed by atoms with E-state index in [4.69, 9.17) is 5.26 Å². The van der Waals surface area contributed by atoms with Gasteiger partial charge < -0.3 is 0 Å². The summed E-state index contributed by atoms with van der Waals surface area (Å²) in [7, 11) is -4.07. The number of hydrogen-bond donors (Lipinski definition) is 0. The molecule has 0 unspecified atom stereocenters. The van der Waals surface area contributed by atoms with Gasteiger partial charge in [-0.25, -0.2) is 12.8 Å². The third kappa shape index (κ3) is 3.01. The Kier molecular flexibility index (Phi) is 4.20. The van der Waals surface area contributed by atoms with Gasteiger partial charge in [0.05, 0.1) is 17.1 Å². The summed E-state index contributed by atoms with van der Waals surface area (Å²) in [6.45, 7) is 0.240. The monoisotopic (exact) mass is 313 g/mol. The van der Waals surface area contributed by atoms with E-state index in [9.17, 15) is 22.9 Å². The van der Waals surface area contributed by atoms with Crippen LogP contribution in [0.3, 0.4) is 0 Å². The van der Waals surface area contributed by atoms with Crippen molar-refractivity contribution < 1.29 is 17.7 Å². The Bertz CT molecular complexity index is 706. The van der Waals surface area contributed by atoms with E-state index in [0.29, 0.717) is 18.9 Å². The molecule has 0 aromatic heterocycles. The summed E-state index contributed by atoms with van der Waals surface area (Å²) in [5.74, 6) is -1.08. The second-order valence-electron chi connectivity index (χ2n) is 4.68. The molecule has 2 rings (SSSR count). The first kappa shape index (κ1) is 15.3. The van der Waals surface area contributed by atoms with Crippen molar-refractivity contribution in [2.24, 2.45) is 5.92 Å². The zero-order chi connectivity index (χ0) is 15.6. The van der Waals surface area contributed by atoms with E-state index in [2.05, 4.69) is 6.07 Å². The van der Waals surface area contributed by atoms with E-state index in [0.717, 1.165) is 16.4 Å². The van der Waals surface area contributed by atoms with Gasteiger partial charge in [0.25, 0.3) is 5.69 Å². The maximum atomic E-state index is 13.1. The Hall–Kier alpha value is -2.05. The number of piperidine rings is 1. The van der Waals surface area contributed by atoms with Gasteiger partial charge in [-0.1, -0.05) is 0 Å². The molecule has 0 amide bonds. The van der Waals surface area contributed by atoms with E-state index in [1.165, 1.54) is 0 Å². The number of sulfonamides is 1. The van der Waals surface area contributed by atoms with Gasteiger partial charge in [-0.15, -0.1) is 0 Å². The highest BCUT2D eigenvalue weighted by Crippen LogP contribution is 2.29. The number of nitro benzene ring substituents is 1. The summed E-state index contributed by atoms with van der Waals surface area (Å²) in [5, 5.41) is 19.7. The van der Waals surface area contributed by atoms with Crippen LogP contribution in [0.4, 0.5) is 10.1 Å². The van der Waals surface area contributed by atoms with Gasteiger partial charge >= 0.3 is 0 Å². The fourth-order valence-electron chi connectivity index (χ4n) is 2.22. The van der Waals surface area contributed by atoms with Crippen molar-refractivity contribution in [3.05, 3.63) is 34.1 Å². The minimum Gasteiger partial charge on any atom is -0.258 e. The average Bonchev–Trinajstić information content (AvgIpc) is 2.47. The molecule has 0 N–H and O–H groups in total. The molecule has 1 aromatic carbocycles. The minimum absolute atomic E-state index is 0.120. The molecule has 1 aliphatic rings. The summed E-state index contributed by atoms with van der Waals surface area (Å²) >= 11 is 0. The SMILES string of the molecule is N#CC1CCN(S(=O)(=O)c2ccc(F)cc2[N+](=O)[O-])CC1. The molecular formula is C12H12FN3O4S. The summed E-state index contributed by atoms with van der Waals surface area (Å²) in [4.78, 5) is 9.47. The van der Waals surface area contributed by atoms with Crippen molar-refractivity contribution in [3.8, 4) is 6.07 Å². The van der Waals surface area contributed by atoms with Crippen LogP contribution >= 0.6 is 0 Å². The molecule has 0 aliphatic carbocycles. The lowest BCUT2D eigenvalue weighted by Crippen LogP contribution is -2.38. The van der Waals surface area contributed by atoms with Gasteiger partial charge in [-0.05, 0) is 25.0 Å². The molecule has 112 valence electrons. The van der Waals surface area contributed by atoms with Crippen LogP contribution < -0.4 is 0 Å². The number of nitriles is 1. The van der Waals surface area contributed by atoms with Gasteiger partial charge in [0.15, 0.2) is 4.90 Å². The van der Waals surface area contributed by atoms with Crippen LogP contribution in [0.5, 0.6) is 0 Å². The van der Waals surface area contributed by atoms with E-state index >= 15 is 0 Å². The smallest absolute Gasteiger partial charge is 0.258 e. The summed E-state index contributed by atoms with van der Waals surface area (Å²) < 4.78 is 39.1. The van der Waals surface area contributed by atoms with Crippen LogP contribution in [0.25, 0.3) is 0 Å². The third-order valence-electron chi connectivity index (χ3n) is 3.37. The highest BCUT2D eigenvalue weighted by molar-refractivity contribution is 7.89. The van der Waals surface area contributed by atoms with Crippen molar-refractivity contribution in [1.29, 1.82) is 5.26 Å². The molecule has 9 heteroatoms. The quantitative estimate of drug-likeness (QED) is 0.623. The van der Waals surface area contributed by atoms with E-state index in [1.54, 1.807) is 0 Å². The van der Waals surface area contributed by atoms with E-state index in [-0.39, 0.29) is 19.0 Å². The first-order valence-corrected chi connectivity index (χ1v) is 7.64. The fraction of sp³-hybridized carbons (Fsp3) is 0.417. The van der Waals surface area contributed by atoms with Crippen LogP contribution in [-0.2, 0) is 10.0 Å². The Morgan fingerprint density at radius 3 is 2.52 bits per heavy atom. The van der Waals surface area contributed by atoms with Gasteiger partial charge in [0.2, 0.25) is 10.0 Å². The molecule has 1 heterocycles. The molecule has 1 aliphatic heterocycles. The lowest BCUT2D eigenvalue weighted by atomic mass is 10.0. The standard InChI is InChI=1S/C12H12FN3O4S/c13-10-1-2-12(11(7-10)16(17)18)21(19,20)15-5-3-9(8-14)4-6-15/h1-2,7,9H,3-6H2. The molecule has 0 saturated carbocycles. The number of nitro groups is 1. The molecule has 21 heavy (non-hydrogen) atoms. The highest BCUT2D eigenvalue weighted by atomic mass is 32.2. The second-order valence-corrected chi connectivity index (χ2v) is 6.58. The molecule has 0 bridgehead atoms. The van der Waals surface area contributed by atoms with Crippen LogP contribution in [0.2, 0.25) is 0 Å². The number of halogens is 1. The van der Waals surface area contributed by atoms with Crippen LogP contribution in [0, 0.1) is 33.2 Å². The van der Waals surface area contributed by atoms with Crippen molar-refractivity contribution >= 4 is 15.7 Å². The zero-order valence-electron chi connectivity index (χ0n) is 10.9. The fourth-order valence-corrected chi connectivity index (χ4v) is 3.82. The largest absolute Gasteiger partial charge is 0.292 e. The molecular weight excluding hydrogens is 301 g/mol. The normalized spacial score (nSPS) is 17.3. The third-order valence-corrected chi connectivity index (χ3v) is 5.32. The highest BCUT2D eigenvalue weighted by Gasteiger charge is 2.34. The van der Waals surface area contributed by atoms with Crippen LogP contribution in [-0.4, -0.2) is 30.7 Å². The predicted octanol–water partition coefficient (Wildman–Crippen LogP) is 1.66. The van der Waals surface area contributed by atoms with Crippen molar-refractivity contribution in [2.75, 3.05) is 13.1 Å². The number of rotatable bonds is 3. The molecule has 1 fully saturated rings. The Balaban J connectivity index is 2.37. The van der Waals surface area contributed by atoms with Crippen LogP contribution in [0.1, 0.15) is 12.8 Å². The van der Waals surface area contributed by atoms with Gasteiger partial charge in [0, 0.05) is 19.0 Å². The maximum Gasteiger partial charge on any atom is 0.292 e.